The fourth-order valence-corrected chi connectivity index (χ4v) is 2.27. The predicted molar refractivity (Wildman–Crippen MR) is 95.6 cm³/mol. The molecule has 0 saturated heterocycles. The molecule has 0 aromatic heterocycles. The number of aryl methyl sites for hydroxylation is 2. The second kappa shape index (κ2) is 8.96. The smallest absolute Gasteiger partial charge is 0.261 e. The summed E-state index contributed by atoms with van der Waals surface area (Å²) in [6, 6.07) is 15.5. The first kappa shape index (κ1) is 17.9. The fourth-order valence-electron chi connectivity index (χ4n) is 2.27. The van der Waals surface area contributed by atoms with Crippen LogP contribution in [0.2, 0.25) is 0 Å². The predicted octanol–water partition coefficient (Wildman–Crippen LogP) is 3.66. The number of hydrogen-bond acceptors (Lipinski definition) is 3. The summed E-state index contributed by atoms with van der Waals surface area (Å²) in [6.45, 7) is 6.82. The molecule has 0 aliphatic heterocycles. The molecule has 0 saturated carbocycles. The molecule has 2 aromatic rings. The number of carbonyl (C=O) groups excluding carboxylic acids is 1. The first-order chi connectivity index (χ1) is 11.6. The highest BCUT2D eigenvalue weighted by Gasteiger charge is 2.17. The van der Waals surface area contributed by atoms with Gasteiger partial charge in [-0.15, -0.1) is 0 Å². The largest absolute Gasteiger partial charge is 0.491 e. The molecule has 0 heterocycles. The average Bonchev–Trinajstić information content (AvgIpc) is 2.59. The van der Waals surface area contributed by atoms with Crippen LogP contribution in [0.15, 0.2) is 48.5 Å². The first-order valence-electron chi connectivity index (χ1n) is 8.29. The van der Waals surface area contributed by atoms with E-state index < -0.39 is 6.10 Å². The van der Waals surface area contributed by atoms with Gasteiger partial charge in [0, 0.05) is 0 Å². The van der Waals surface area contributed by atoms with Gasteiger partial charge < -0.3 is 14.8 Å². The van der Waals surface area contributed by atoms with E-state index in [2.05, 4.69) is 5.32 Å². The Kier molecular flexibility index (Phi) is 6.67. The van der Waals surface area contributed by atoms with E-state index in [9.17, 15) is 4.79 Å². The summed E-state index contributed by atoms with van der Waals surface area (Å²) < 4.78 is 11.4. The topological polar surface area (TPSA) is 47.6 Å². The number of para-hydroxylation sites is 1. The van der Waals surface area contributed by atoms with Crippen molar-refractivity contribution in [3.63, 3.8) is 0 Å². The van der Waals surface area contributed by atoms with Crippen molar-refractivity contribution in [1.29, 1.82) is 0 Å². The number of amides is 1. The van der Waals surface area contributed by atoms with Crippen LogP contribution in [0.5, 0.6) is 11.5 Å². The minimum absolute atomic E-state index is 0.119. The summed E-state index contributed by atoms with van der Waals surface area (Å²) in [5, 5.41) is 2.87. The van der Waals surface area contributed by atoms with Gasteiger partial charge in [-0.2, -0.15) is 0 Å². The second-order valence-electron chi connectivity index (χ2n) is 5.73. The average molecular weight is 327 g/mol. The minimum Gasteiger partial charge on any atom is -0.491 e. The SMILES string of the molecule is CCC(Oc1ccc(C)cc1)C(=O)NCCOc1ccccc1C. The van der Waals surface area contributed by atoms with Crippen molar-refractivity contribution < 1.29 is 14.3 Å². The molecule has 4 heteroatoms. The van der Waals surface area contributed by atoms with Gasteiger partial charge in [0.2, 0.25) is 0 Å². The van der Waals surface area contributed by atoms with Gasteiger partial charge in [0.05, 0.1) is 6.54 Å². The van der Waals surface area contributed by atoms with E-state index in [1.807, 2.05) is 69.3 Å². The summed E-state index contributed by atoms with van der Waals surface area (Å²) >= 11 is 0. The number of carbonyl (C=O) groups is 1. The molecule has 0 radical (unpaired) electrons. The Morgan fingerprint density at radius 1 is 1.08 bits per heavy atom. The van der Waals surface area contributed by atoms with Crippen LogP contribution in [-0.4, -0.2) is 25.2 Å². The van der Waals surface area contributed by atoms with Gasteiger partial charge in [0.15, 0.2) is 6.10 Å². The highest BCUT2D eigenvalue weighted by Crippen LogP contribution is 2.16. The Labute approximate surface area is 143 Å². The molecule has 1 atom stereocenters. The number of rotatable bonds is 8. The van der Waals surface area contributed by atoms with E-state index in [1.54, 1.807) is 0 Å². The Morgan fingerprint density at radius 3 is 2.46 bits per heavy atom. The van der Waals surface area contributed by atoms with Crippen molar-refractivity contribution in [3.05, 3.63) is 59.7 Å². The van der Waals surface area contributed by atoms with Gasteiger partial charge in [0.25, 0.3) is 5.91 Å². The third-order valence-electron chi connectivity index (χ3n) is 3.72. The molecule has 0 fully saturated rings. The monoisotopic (exact) mass is 327 g/mol. The van der Waals surface area contributed by atoms with Crippen LogP contribution in [-0.2, 0) is 4.79 Å². The summed E-state index contributed by atoms with van der Waals surface area (Å²) in [4.78, 5) is 12.2. The fraction of sp³-hybridized carbons (Fsp3) is 0.350. The zero-order valence-electron chi connectivity index (χ0n) is 14.5. The molecule has 0 spiro atoms. The number of nitrogens with one attached hydrogen (secondary N) is 1. The van der Waals surface area contributed by atoms with Crippen LogP contribution in [0.3, 0.4) is 0 Å². The molecular weight excluding hydrogens is 302 g/mol. The highest BCUT2D eigenvalue weighted by atomic mass is 16.5. The summed E-state index contributed by atoms with van der Waals surface area (Å²) in [7, 11) is 0. The van der Waals surface area contributed by atoms with Crippen LogP contribution in [0, 0.1) is 13.8 Å². The van der Waals surface area contributed by atoms with Crippen molar-refractivity contribution in [2.45, 2.75) is 33.3 Å². The lowest BCUT2D eigenvalue weighted by atomic mass is 10.2. The molecule has 4 nitrogen and oxygen atoms in total. The highest BCUT2D eigenvalue weighted by molar-refractivity contribution is 5.81. The summed E-state index contributed by atoms with van der Waals surface area (Å²) in [6.07, 6.45) is 0.115. The molecule has 2 aromatic carbocycles. The van der Waals surface area contributed by atoms with E-state index >= 15 is 0 Å². The van der Waals surface area contributed by atoms with Crippen molar-refractivity contribution in [2.75, 3.05) is 13.2 Å². The lowest BCUT2D eigenvalue weighted by Crippen LogP contribution is -2.39. The Morgan fingerprint density at radius 2 is 1.79 bits per heavy atom. The van der Waals surface area contributed by atoms with E-state index in [0.29, 0.717) is 25.3 Å². The summed E-state index contributed by atoms with van der Waals surface area (Å²) in [5.41, 5.74) is 2.24. The normalized spacial score (nSPS) is 11.6. The molecule has 0 aliphatic rings. The molecule has 24 heavy (non-hydrogen) atoms. The summed E-state index contributed by atoms with van der Waals surface area (Å²) in [5.74, 6) is 1.43. The molecule has 1 N–H and O–H groups in total. The Balaban J connectivity index is 1.77. The molecule has 128 valence electrons. The van der Waals surface area contributed by atoms with Gasteiger partial charge in [-0.3, -0.25) is 4.79 Å². The van der Waals surface area contributed by atoms with Crippen molar-refractivity contribution in [3.8, 4) is 11.5 Å². The molecule has 1 unspecified atom stereocenters. The van der Waals surface area contributed by atoms with Gasteiger partial charge in [-0.25, -0.2) is 0 Å². The quantitative estimate of drug-likeness (QED) is 0.753. The van der Waals surface area contributed by atoms with E-state index in [-0.39, 0.29) is 5.91 Å². The van der Waals surface area contributed by atoms with E-state index in [4.69, 9.17) is 9.47 Å². The van der Waals surface area contributed by atoms with E-state index in [0.717, 1.165) is 16.9 Å². The number of benzene rings is 2. The van der Waals surface area contributed by atoms with Gasteiger partial charge in [0.1, 0.15) is 18.1 Å². The Bertz CT molecular complexity index is 652. The first-order valence-corrected chi connectivity index (χ1v) is 8.29. The van der Waals surface area contributed by atoms with Crippen LogP contribution in [0.25, 0.3) is 0 Å². The van der Waals surface area contributed by atoms with Crippen molar-refractivity contribution >= 4 is 5.91 Å². The van der Waals surface area contributed by atoms with E-state index in [1.165, 1.54) is 0 Å². The van der Waals surface area contributed by atoms with Crippen LogP contribution in [0.1, 0.15) is 24.5 Å². The third-order valence-corrected chi connectivity index (χ3v) is 3.72. The zero-order valence-corrected chi connectivity index (χ0v) is 14.5. The maximum absolute atomic E-state index is 12.2. The molecule has 1 amide bonds. The lowest BCUT2D eigenvalue weighted by molar-refractivity contribution is -0.128. The molecule has 0 bridgehead atoms. The van der Waals surface area contributed by atoms with Crippen LogP contribution < -0.4 is 14.8 Å². The van der Waals surface area contributed by atoms with Crippen LogP contribution >= 0.6 is 0 Å². The van der Waals surface area contributed by atoms with Crippen molar-refractivity contribution in [2.24, 2.45) is 0 Å². The van der Waals surface area contributed by atoms with Gasteiger partial charge >= 0.3 is 0 Å². The minimum atomic E-state index is -0.494. The molecular formula is C20H25NO3. The third kappa shape index (κ3) is 5.30. The Hall–Kier alpha value is -2.49. The van der Waals surface area contributed by atoms with Gasteiger partial charge in [-0.1, -0.05) is 42.8 Å². The zero-order chi connectivity index (χ0) is 17.4. The standard InChI is InChI=1S/C20H25NO3/c1-4-18(24-17-11-9-15(2)10-12-17)20(22)21-13-14-23-19-8-6-5-7-16(19)3/h5-12,18H,4,13-14H2,1-3H3,(H,21,22). The second-order valence-corrected chi connectivity index (χ2v) is 5.73. The molecule has 2 rings (SSSR count). The lowest BCUT2D eigenvalue weighted by Gasteiger charge is -2.17. The maximum atomic E-state index is 12.2. The van der Waals surface area contributed by atoms with Crippen molar-refractivity contribution in [1.82, 2.24) is 5.32 Å². The van der Waals surface area contributed by atoms with Gasteiger partial charge in [-0.05, 0) is 44.0 Å². The number of hydrogen-bond donors (Lipinski definition) is 1. The number of ether oxygens (including phenoxy) is 2. The molecule has 0 aliphatic carbocycles. The van der Waals surface area contributed by atoms with Crippen LogP contribution in [0.4, 0.5) is 0 Å². The maximum Gasteiger partial charge on any atom is 0.261 e.